The van der Waals surface area contributed by atoms with Crippen molar-refractivity contribution in [3.8, 4) is 0 Å². The van der Waals surface area contributed by atoms with E-state index >= 15 is 0 Å². The Morgan fingerprint density at radius 3 is 1.93 bits per heavy atom. The van der Waals surface area contributed by atoms with Gasteiger partial charge in [-0.15, -0.1) is 0 Å². The molecular weight excluding hydrogens is 518 g/mol. The van der Waals surface area contributed by atoms with Crippen LogP contribution in [-0.4, -0.2) is 56.8 Å². The summed E-state index contributed by atoms with van der Waals surface area (Å²) in [4.78, 5) is 17.7. The van der Waals surface area contributed by atoms with Crippen molar-refractivity contribution in [2.75, 3.05) is 37.0 Å². The summed E-state index contributed by atoms with van der Waals surface area (Å²) in [5.74, 6) is 0.00264. The highest BCUT2D eigenvalue weighted by Crippen LogP contribution is 2.26. The standard InChI is InChI=1S/C33H33N3O3S/c37-33(35-25-23-34(24-26-35)22-10-13-28-11-4-1-5-12-28)30-20-18-29(19-21-30)27-36(31-14-6-2-7-15-31)40(38,39)32-16-8-3-9-17-32/h1-21H,22-27H2/b13-10+. The lowest BCUT2D eigenvalue weighted by molar-refractivity contribution is 0.0650. The fourth-order valence-corrected chi connectivity index (χ4v) is 6.24. The number of benzene rings is 4. The van der Waals surface area contributed by atoms with Crippen molar-refractivity contribution in [1.82, 2.24) is 9.80 Å². The van der Waals surface area contributed by atoms with Gasteiger partial charge in [0.1, 0.15) is 0 Å². The largest absolute Gasteiger partial charge is 0.336 e. The zero-order valence-corrected chi connectivity index (χ0v) is 23.2. The maximum Gasteiger partial charge on any atom is 0.264 e. The Kier molecular flexibility index (Phi) is 8.74. The Bertz CT molecular complexity index is 1520. The van der Waals surface area contributed by atoms with Gasteiger partial charge in [0.25, 0.3) is 15.9 Å². The van der Waals surface area contributed by atoms with E-state index in [-0.39, 0.29) is 17.3 Å². The second-order valence-corrected chi connectivity index (χ2v) is 11.6. The van der Waals surface area contributed by atoms with Crippen molar-refractivity contribution in [3.63, 3.8) is 0 Å². The molecule has 40 heavy (non-hydrogen) atoms. The lowest BCUT2D eigenvalue weighted by Crippen LogP contribution is -2.48. The van der Waals surface area contributed by atoms with Gasteiger partial charge in [-0.05, 0) is 47.5 Å². The number of carbonyl (C=O) groups is 1. The molecule has 0 aliphatic carbocycles. The Morgan fingerprint density at radius 1 is 0.725 bits per heavy atom. The minimum absolute atomic E-state index is 0.00264. The van der Waals surface area contributed by atoms with Gasteiger partial charge in [-0.1, -0.05) is 91.0 Å². The van der Waals surface area contributed by atoms with E-state index in [0.29, 0.717) is 24.3 Å². The summed E-state index contributed by atoms with van der Waals surface area (Å²) in [6.45, 7) is 4.02. The number of rotatable bonds is 9. The van der Waals surface area contributed by atoms with Gasteiger partial charge in [0.05, 0.1) is 17.1 Å². The van der Waals surface area contributed by atoms with Crippen LogP contribution >= 0.6 is 0 Å². The lowest BCUT2D eigenvalue weighted by Gasteiger charge is -2.34. The Labute approximate surface area is 236 Å². The molecule has 0 unspecified atom stereocenters. The number of anilines is 1. The highest BCUT2D eigenvalue weighted by molar-refractivity contribution is 7.92. The van der Waals surface area contributed by atoms with Crippen molar-refractivity contribution in [3.05, 3.63) is 138 Å². The van der Waals surface area contributed by atoms with Crippen LogP contribution in [0.2, 0.25) is 0 Å². The molecule has 4 aromatic rings. The van der Waals surface area contributed by atoms with Gasteiger partial charge in [-0.25, -0.2) is 8.42 Å². The number of hydrogen-bond donors (Lipinski definition) is 0. The zero-order chi connectivity index (χ0) is 27.8. The molecule has 6 nitrogen and oxygen atoms in total. The van der Waals surface area contributed by atoms with E-state index in [4.69, 9.17) is 0 Å². The average Bonchev–Trinajstić information content (AvgIpc) is 3.01. The predicted octanol–water partition coefficient (Wildman–Crippen LogP) is 5.55. The highest BCUT2D eigenvalue weighted by atomic mass is 32.2. The van der Waals surface area contributed by atoms with Crippen LogP contribution in [-0.2, 0) is 16.6 Å². The van der Waals surface area contributed by atoms with Crippen LogP contribution < -0.4 is 4.31 Å². The molecule has 0 bridgehead atoms. The van der Waals surface area contributed by atoms with Crippen LogP contribution in [0.1, 0.15) is 21.5 Å². The number of amides is 1. The van der Waals surface area contributed by atoms with Crippen molar-refractivity contribution >= 4 is 27.7 Å². The molecule has 1 fully saturated rings. The van der Waals surface area contributed by atoms with E-state index in [1.165, 1.54) is 9.87 Å². The quantitative estimate of drug-likeness (QED) is 0.274. The fourth-order valence-electron chi connectivity index (χ4n) is 4.77. The van der Waals surface area contributed by atoms with Crippen LogP contribution in [0.15, 0.2) is 126 Å². The summed E-state index contributed by atoms with van der Waals surface area (Å²) < 4.78 is 28.5. The molecule has 4 aromatic carbocycles. The summed E-state index contributed by atoms with van der Waals surface area (Å²) in [5, 5.41) is 0. The van der Waals surface area contributed by atoms with Crippen molar-refractivity contribution in [1.29, 1.82) is 0 Å². The second kappa shape index (κ2) is 12.8. The number of carbonyl (C=O) groups excluding carboxylic acids is 1. The van der Waals surface area contributed by atoms with Gasteiger partial charge in [0, 0.05) is 38.3 Å². The number of nitrogens with zero attached hydrogens (tertiary/aromatic N) is 3. The summed E-state index contributed by atoms with van der Waals surface area (Å²) in [6, 6.07) is 35.0. The Balaban J connectivity index is 1.21. The smallest absolute Gasteiger partial charge is 0.264 e. The van der Waals surface area contributed by atoms with Crippen LogP contribution in [0.25, 0.3) is 6.08 Å². The Morgan fingerprint density at radius 2 is 1.30 bits per heavy atom. The molecule has 0 aromatic heterocycles. The van der Waals surface area contributed by atoms with Crippen molar-refractivity contribution in [2.45, 2.75) is 11.4 Å². The van der Waals surface area contributed by atoms with Gasteiger partial charge < -0.3 is 4.90 Å². The van der Waals surface area contributed by atoms with Crippen molar-refractivity contribution in [2.24, 2.45) is 0 Å². The number of sulfonamides is 1. The minimum atomic E-state index is -3.78. The first kappa shape index (κ1) is 27.4. The molecule has 1 heterocycles. The molecule has 0 spiro atoms. The fraction of sp³-hybridized carbons (Fsp3) is 0.182. The van der Waals surface area contributed by atoms with Crippen LogP contribution in [0, 0.1) is 0 Å². The third-order valence-corrected chi connectivity index (χ3v) is 8.82. The SMILES string of the molecule is O=C(c1ccc(CN(c2ccccc2)S(=O)(=O)c2ccccc2)cc1)N1CCN(C/C=C/c2ccccc2)CC1. The van der Waals surface area contributed by atoms with Gasteiger partial charge in [0.15, 0.2) is 0 Å². The molecule has 5 rings (SSSR count). The summed E-state index contributed by atoms with van der Waals surface area (Å²) >= 11 is 0. The normalized spacial score (nSPS) is 14.3. The minimum Gasteiger partial charge on any atom is -0.336 e. The molecule has 204 valence electrons. The van der Waals surface area contributed by atoms with Crippen LogP contribution in [0.3, 0.4) is 0 Å². The molecule has 0 saturated carbocycles. The molecule has 7 heteroatoms. The van der Waals surface area contributed by atoms with E-state index < -0.39 is 10.0 Å². The monoisotopic (exact) mass is 551 g/mol. The van der Waals surface area contributed by atoms with Crippen molar-refractivity contribution < 1.29 is 13.2 Å². The Hall–Kier alpha value is -4.20. The molecular formula is C33H33N3O3S. The maximum atomic E-state index is 13.5. The molecule has 1 aliphatic rings. The van der Waals surface area contributed by atoms with Crippen LogP contribution in [0.5, 0.6) is 0 Å². The molecule has 1 amide bonds. The summed E-state index contributed by atoms with van der Waals surface area (Å²) in [5.41, 5.74) is 3.18. The lowest BCUT2D eigenvalue weighted by atomic mass is 10.1. The summed E-state index contributed by atoms with van der Waals surface area (Å²) in [6.07, 6.45) is 4.30. The maximum absolute atomic E-state index is 13.5. The number of piperazine rings is 1. The van der Waals surface area contributed by atoms with Gasteiger partial charge in [-0.2, -0.15) is 0 Å². The van der Waals surface area contributed by atoms with E-state index in [9.17, 15) is 13.2 Å². The molecule has 0 radical (unpaired) electrons. The van der Waals surface area contributed by atoms with E-state index in [2.05, 4.69) is 29.2 Å². The predicted molar refractivity (Wildman–Crippen MR) is 161 cm³/mol. The number of para-hydroxylation sites is 1. The highest BCUT2D eigenvalue weighted by Gasteiger charge is 2.26. The molecule has 0 N–H and O–H groups in total. The van der Waals surface area contributed by atoms with E-state index in [0.717, 1.165) is 25.2 Å². The van der Waals surface area contributed by atoms with Crippen LogP contribution in [0.4, 0.5) is 5.69 Å². The summed E-state index contributed by atoms with van der Waals surface area (Å²) in [7, 11) is -3.78. The number of hydrogen-bond acceptors (Lipinski definition) is 4. The third kappa shape index (κ3) is 6.68. The van der Waals surface area contributed by atoms with Gasteiger partial charge >= 0.3 is 0 Å². The second-order valence-electron chi connectivity index (χ2n) is 9.76. The first-order valence-electron chi connectivity index (χ1n) is 13.5. The third-order valence-electron chi connectivity index (χ3n) is 7.04. The zero-order valence-electron chi connectivity index (χ0n) is 22.3. The van der Waals surface area contributed by atoms with Gasteiger partial charge in [-0.3, -0.25) is 14.0 Å². The molecule has 1 aliphatic heterocycles. The van der Waals surface area contributed by atoms with E-state index in [1.54, 1.807) is 54.6 Å². The topological polar surface area (TPSA) is 60.9 Å². The average molecular weight is 552 g/mol. The molecule has 0 atom stereocenters. The first-order chi connectivity index (χ1) is 19.5. The van der Waals surface area contributed by atoms with Gasteiger partial charge in [0.2, 0.25) is 0 Å². The first-order valence-corrected chi connectivity index (χ1v) is 14.9. The van der Waals surface area contributed by atoms with E-state index in [1.807, 2.05) is 53.4 Å². The molecule has 1 saturated heterocycles.